The van der Waals surface area contributed by atoms with Gasteiger partial charge in [-0.05, 0) is 11.6 Å². The van der Waals surface area contributed by atoms with Crippen LogP contribution in [0.1, 0.15) is 5.56 Å². The number of benzene rings is 1. The van der Waals surface area contributed by atoms with Gasteiger partial charge in [-0.3, -0.25) is 8.88 Å². The first kappa shape index (κ1) is 11.0. The van der Waals surface area contributed by atoms with Crippen LogP contribution in [0.4, 0.5) is 0 Å². The lowest BCUT2D eigenvalue weighted by atomic mass is 10.1. The molecular weight excluding hydrogens is 228 g/mol. The molecule has 0 aliphatic carbocycles. The maximum Gasteiger partial charge on any atom is 0.320 e. The Hall–Kier alpha value is -1.52. The Morgan fingerprint density at radius 1 is 1.50 bits per heavy atom. The van der Waals surface area contributed by atoms with Gasteiger partial charge in [0.15, 0.2) is 0 Å². The number of para-hydroxylation sites is 1. The van der Waals surface area contributed by atoms with Crippen LogP contribution in [0.25, 0.3) is 10.9 Å². The zero-order chi connectivity index (χ0) is 11.7. The van der Waals surface area contributed by atoms with Crippen molar-refractivity contribution in [3.63, 3.8) is 0 Å². The van der Waals surface area contributed by atoms with Crippen molar-refractivity contribution < 1.29 is 9.90 Å². The van der Waals surface area contributed by atoms with Gasteiger partial charge in [-0.15, -0.1) is 0 Å². The fourth-order valence-electron chi connectivity index (χ4n) is 1.69. The Kier molecular flexibility index (Phi) is 2.85. The highest BCUT2D eigenvalue weighted by atomic mass is 35.5. The molecule has 16 heavy (non-hydrogen) atoms. The molecule has 0 radical (unpaired) electrons. The maximum absolute atomic E-state index is 10.7. The van der Waals surface area contributed by atoms with Crippen molar-refractivity contribution in [2.75, 3.05) is 0 Å². The van der Waals surface area contributed by atoms with Crippen LogP contribution in [-0.2, 0) is 11.2 Å². The zero-order valence-corrected chi connectivity index (χ0v) is 9.19. The highest BCUT2D eigenvalue weighted by Crippen LogP contribution is 2.23. The van der Waals surface area contributed by atoms with Gasteiger partial charge in [-0.2, -0.15) is 0 Å². The maximum atomic E-state index is 10.7. The highest BCUT2D eigenvalue weighted by Gasteiger charge is 2.15. The van der Waals surface area contributed by atoms with Gasteiger partial charge in [-0.1, -0.05) is 18.2 Å². The number of carboxylic acid groups (broad SMARTS) is 1. The van der Waals surface area contributed by atoms with Gasteiger partial charge >= 0.3 is 5.97 Å². The van der Waals surface area contributed by atoms with Crippen molar-refractivity contribution in [1.29, 1.82) is 0 Å². The van der Waals surface area contributed by atoms with E-state index in [1.165, 1.54) is 4.09 Å². The van der Waals surface area contributed by atoms with Crippen LogP contribution in [0.2, 0.25) is 0 Å². The van der Waals surface area contributed by atoms with Crippen LogP contribution < -0.4 is 5.73 Å². The predicted octanol–water partition coefficient (Wildman–Crippen LogP) is 1.60. The normalized spacial score (nSPS) is 12.9. The summed E-state index contributed by atoms with van der Waals surface area (Å²) in [6.45, 7) is 0. The second-order valence-corrected chi connectivity index (χ2v) is 4.00. The number of nitrogens with zero attached hydrogens (tertiary/aromatic N) is 1. The molecule has 0 aliphatic heterocycles. The lowest BCUT2D eigenvalue weighted by molar-refractivity contribution is -0.138. The molecule has 0 fully saturated rings. The fraction of sp³-hybridized carbons (Fsp3) is 0.182. The predicted molar refractivity (Wildman–Crippen MR) is 62.5 cm³/mol. The Balaban J connectivity index is 2.42. The van der Waals surface area contributed by atoms with E-state index in [0.717, 1.165) is 16.5 Å². The number of halogens is 1. The molecular formula is C11H11ClN2O2. The summed E-state index contributed by atoms with van der Waals surface area (Å²) >= 11 is 5.97. The lowest BCUT2D eigenvalue weighted by Gasteiger charge is -2.04. The van der Waals surface area contributed by atoms with Gasteiger partial charge in [0.2, 0.25) is 0 Å². The quantitative estimate of drug-likeness (QED) is 0.854. The monoisotopic (exact) mass is 238 g/mol. The molecule has 1 aromatic carbocycles. The molecule has 84 valence electrons. The first-order chi connectivity index (χ1) is 7.59. The number of nitrogens with two attached hydrogens (primary N) is 1. The van der Waals surface area contributed by atoms with E-state index in [2.05, 4.69) is 0 Å². The Bertz CT molecular complexity index is 536. The first-order valence-corrected chi connectivity index (χ1v) is 5.17. The van der Waals surface area contributed by atoms with Crippen molar-refractivity contribution >= 4 is 28.6 Å². The van der Waals surface area contributed by atoms with E-state index in [0.29, 0.717) is 0 Å². The van der Waals surface area contributed by atoms with E-state index in [1.54, 1.807) is 6.20 Å². The summed E-state index contributed by atoms with van der Waals surface area (Å²) in [7, 11) is 0. The third kappa shape index (κ3) is 1.89. The first-order valence-electron chi connectivity index (χ1n) is 4.83. The molecule has 0 bridgehead atoms. The number of carbonyl (C=O) groups is 1. The molecule has 3 N–H and O–H groups in total. The fourth-order valence-corrected chi connectivity index (χ4v) is 1.96. The molecule has 1 aromatic heterocycles. The van der Waals surface area contributed by atoms with Crippen LogP contribution in [0.15, 0.2) is 30.5 Å². The van der Waals surface area contributed by atoms with E-state index in [4.69, 9.17) is 22.6 Å². The van der Waals surface area contributed by atoms with Gasteiger partial charge in [0.25, 0.3) is 0 Å². The molecule has 1 heterocycles. The van der Waals surface area contributed by atoms with Gasteiger partial charge in [0, 0.05) is 29.8 Å². The second kappa shape index (κ2) is 4.15. The van der Waals surface area contributed by atoms with Gasteiger partial charge < -0.3 is 10.8 Å². The lowest BCUT2D eigenvalue weighted by Crippen LogP contribution is -2.32. The van der Waals surface area contributed by atoms with Gasteiger partial charge in [0.1, 0.15) is 6.04 Å². The minimum atomic E-state index is -1.01. The van der Waals surface area contributed by atoms with E-state index >= 15 is 0 Å². The molecule has 0 saturated heterocycles. The Labute approximate surface area is 97.3 Å². The summed E-state index contributed by atoms with van der Waals surface area (Å²) in [6.07, 6.45) is 1.98. The average Bonchev–Trinajstić information content (AvgIpc) is 2.57. The molecule has 0 unspecified atom stereocenters. The molecule has 0 spiro atoms. The van der Waals surface area contributed by atoms with Gasteiger partial charge in [0.05, 0.1) is 5.52 Å². The van der Waals surface area contributed by atoms with E-state index < -0.39 is 12.0 Å². The largest absolute Gasteiger partial charge is 0.480 e. The van der Waals surface area contributed by atoms with Crippen LogP contribution in [-0.4, -0.2) is 21.2 Å². The van der Waals surface area contributed by atoms with E-state index in [-0.39, 0.29) is 6.42 Å². The van der Waals surface area contributed by atoms with E-state index in [1.807, 2.05) is 24.3 Å². The number of aromatic nitrogens is 1. The SMILES string of the molecule is N[C@@H](Cc1cn(Cl)c2ccccc12)C(=O)O. The summed E-state index contributed by atoms with van der Waals surface area (Å²) < 4.78 is 1.46. The number of carboxylic acids is 1. The number of fused-ring (bicyclic) bond motifs is 1. The summed E-state index contributed by atoms with van der Waals surface area (Å²) in [5, 5.41) is 9.70. The summed E-state index contributed by atoms with van der Waals surface area (Å²) in [5.41, 5.74) is 7.20. The third-order valence-corrected chi connectivity index (χ3v) is 2.79. The van der Waals surface area contributed by atoms with Crippen LogP contribution in [0.3, 0.4) is 0 Å². The summed E-state index contributed by atoms with van der Waals surface area (Å²) in [6, 6.07) is 6.63. The van der Waals surface area contributed by atoms with Gasteiger partial charge in [-0.25, -0.2) is 0 Å². The van der Waals surface area contributed by atoms with Crippen LogP contribution >= 0.6 is 11.8 Å². The minimum Gasteiger partial charge on any atom is -0.480 e. The Morgan fingerprint density at radius 3 is 2.88 bits per heavy atom. The minimum absolute atomic E-state index is 0.273. The standard InChI is InChI=1S/C11H11ClN2O2/c12-14-6-7(5-9(13)11(15)16)8-3-1-2-4-10(8)14/h1-4,6,9H,5,13H2,(H,15,16)/t9-/m0/s1. The topological polar surface area (TPSA) is 68.2 Å². The molecule has 0 aliphatic rings. The number of aliphatic carboxylic acids is 1. The average molecular weight is 239 g/mol. The molecule has 5 heteroatoms. The molecule has 4 nitrogen and oxygen atoms in total. The molecule has 0 amide bonds. The summed E-state index contributed by atoms with van der Waals surface area (Å²) in [4.78, 5) is 10.7. The van der Waals surface area contributed by atoms with Crippen LogP contribution in [0.5, 0.6) is 0 Å². The summed E-state index contributed by atoms with van der Waals surface area (Å²) in [5.74, 6) is -1.01. The zero-order valence-electron chi connectivity index (χ0n) is 8.43. The molecule has 2 aromatic rings. The number of hydrogen-bond donors (Lipinski definition) is 2. The van der Waals surface area contributed by atoms with Crippen molar-refractivity contribution in [3.8, 4) is 0 Å². The third-order valence-electron chi connectivity index (χ3n) is 2.51. The number of hydrogen-bond acceptors (Lipinski definition) is 2. The van der Waals surface area contributed by atoms with Crippen LogP contribution in [0, 0.1) is 0 Å². The smallest absolute Gasteiger partial charge is 0.320 e. The van der Waals surface area contributed by atoms with Crippen molar-refractivity contribution in [2.45, 2.75) is 12.5 Å². The van der Waals surface area contributed by atoms with Crippen molar-refractivity contribution in [1.82, 2.24) is 4.09 Å². The molecule has 1 atom stereocenters. The van der Waals surface area contributed by atoms with E-state index in [9.17, 15) is 4.79 Å². The molecule has 0 saturated carbocycles. The van der Waals surface area contributed by atoms with Crippen molar-refractivity contribution in [2.24, 2.45) is 5.73 Å². The number of rotatable bonds is 3. The van der Waals surface area contributed by atoms with Crippen molar-refractivity contribution in [3.05, 3.63) is 36.0 Å². The Morgan fingerprint density at radius 2 is 2.19 bits per heavy atom. The molecule has 2 rings (SSSR count). The second-order valence-electron chi connectivity index (χ2n) is 3.63. The highest BCUT2D eigenvalue weighted by molar-refractivity contribution is 6.19.